The molecule has 110 valence electrons. The Balaban J connectivity index is 2.25. The quantitative estimate of drug-likeness (QED) is 0.697. The van der Waals surface area contributed by atoms with Crippen molar-refractivity contribution in [1.29, 1.82) is 0 Å². The summed E-state index contributed by atoms with van der Waals surface area (Å²) in [5.41, 5.74) is 0.547. The molecule has 22 heavy (non-hydrogen) atoms. The highest BCUT2D eigenvalue weighted by Gasteiger charge is 2.12. The maximum Gasteiger partial charge on any atom is 0.263 e. The molecule has 0 bridgehead atoms. The molecule has 0 unspecified atom stereocenters. The molecule has 1 amide bonds. The zero-order valence-corrected chi connectivity index (χ0v) is 11.9. The third kappa shape index (κ3) is 2.26. The van der Waals surface area contributed by atoms with Crippen LogP contribution >= 0.6 is 0 Å². The number of hydrogen-bond acceptors (Lipinski definition) is 2. The molecule has 0 fully saturated rings. The third-order valence-corrected chi connectivity index (χ3v) is 3.54. The summed E-state index contributed by atoms with van der Waals surface area (Å²) >= 11 is 0. The standard InChI is InChI=1S/C17H13FN2O2/c1-19(11-21)16-9-12-7-8-20(13-5-3-2-4-6-13)17(22)14(12)10-15(16)18/h2-11H,1H3. The van der Waals surface area contributed by atoms with E-state index in [2.05, 4.69) is 0 Å². The Bertz CT molecular complexity index is 904. The van der Waals surface area contributed by atoms with Gasteiger partial charge in [-0.2, -0.15) is 0 Å². The number of hydrogen-bond donors (Lipinski definition) is 0. The fraction of sp³-hybridized carbons (Fsp3) is 0.0588. The molecule has 4 nitrogen and oxygen atoms in total. The Kier molecular flexibility index (Phi) is 3.47. The summed E-state index contributed by atoms with van der Waals surface area (Å²) in [6, 6.07) is 13.5. The van der Waals surface area contributed by atoms with Gasteiger partial charge in [-0.25, -0.2) is 4.39 Å². The lowest BCUT2D eigenvalue weighted by Crippen LogP contribution is -2.19. The highest BCUT2D eigenvalue weighted by molar-refractivity contribution is 5.88. The monoisotopic (exact) mass is 296 g/mol. The van der Waals surface area contributed by atoms with Crippen LogP contribution in [0.3, 0.4) is 0 Å². The van der Waals surface area contributed by atoms with Crippen LogP contribution in [0.15, 0.2) is 59.5 Å². The number of aromatic nitrogens is 1. The van der Waals surface area contributed by atoms with Gasteiger partial charge in [0.25, 0.3) is 5.56 Å². The number of halogens is 1. The number of benzene rings is 2. The van der Waals surface area contributed by atoms with Crippen LogP contribution in [0.1, 0.15) is 0 Å². The first-order chi connectivity index (χ1) is 10.6. The Morgan fingerprint density at radius 2 is 1.86 bits per heavy atom. The number of amides is 1. The van der Waals surface area contributed by atoms with E-state index >= 15 is 0 Å². The van der Waals surface area contributed by atoms with Gasteiger partial charge in [0.2, 0.25) is 6.41 Å². The van der Waals surface area contributed by atoms with Gasteiger partial charge in [0.15, 0.2) is 0 Å². The minimum atomic E-state index is -0.606. The van der Waals surface area contributed by atoms with E-state index < -0.39 is 5.82 Å². The molecule has 0 atom stereocenters. The minimum Gasteiger partial charge on any atom is -0.315 e. The van der Waals surface area contributed by atoms with Crippen molar-refractivity contribution in [1.82, 2.24) is 4.57 Å². The molecule has 2 aromatic carbocycles. The van der Waals surface area contributed by atoms with E-state index in [0.29, 0.717) is 17.5 Å². The van der Waals surface area contributed by atoms with Crippen molar-refractivity contribution >= 4 is 22.9 Å². The Hall–Kier alpha value is -2.95. The number of rotatable bonds is 3. The van der Waals surface area contributed by atoms with Crippen molar-refractivity contribution < 1.29 is 9.18 Å². The first kappa shape index (κ1) is 14.0. The maximum absolute atomic E-state index is 14.1. The van der Waals surface area contributed by atoms with Gasteiger partial charge in [-0.3, -0.25) is 14.2 Å². The van der Waals surface area contributed by atoms with E-state index in [1.807, 2.05) is 18.2 Å². The van der Waals surface area contributed by atoms with Crippen LogP contribution in [0.5, 0.6) is 0 Å². The second-order valence-electron chi connectivity index (χ2n) is 4.93. The summed E-state index contributed by atoms with van der Waals surface area (Å²) in [4.78, 5) is 24.5. The number of carbonyl (C=O) groups excluding carboxylic acids is 1. The fourth-order valence-corrected chi connectivity index (χ4v) is 2.37. The second-order valence-corrected chi connectivity index (χ2v) is 4.93. The van der Waals surface area contributed by atoms with Gasteiger partial charge < -0.3 is 4.90 Å². The van der Waals surface area contributed by atoms with Crippen molar-refractivity contribution in [3.05, 3.63) is 70.9 Å². The molecule has 0 radical (unpaired) electrons. The lowest BCUT2D eigenvalue weighted by molar-refractivity contribution is -0.107. The average molecular weight is 296 g/mol. The van der Waals surface area contributed by atoms with E-state index in [4.69, 9.17) is 0 Å². The van der Waals surface area contributed by atoms with Crippen LogP contribution in [-0.2, 0) is 4.79 Å². The van der Waals surface area contributed by atoms with E-state index in [1.165, 1.54) is 23.7 Å². The predicted octanol–water partition coefficient (Wildman–Crippen LogP) is 2.72. The molecule has 1 aromatic heterocycles. The second kappa shape index (κ2) is 5.44. The zero-order valence-electron chi connectivity index (χ0n) is 11.9. The SMILES string of the molecule is CN(C=O)c1cc2ccn(-c3ccccc3)c(=O)c2cc1F. The average Bonchev–Trinajstić information content (AvgIpc) is 2.55. The Morgan fingerprint density at radius 3 is 2.55 bits per heavy atom. The number of pyridine rings is 1. The lowest BCUT2D eigenvalue weighted by Gasteiger charge is -2.13. The van der Waals surface area contributed by atoms with Gasteiger partial charge in [0.05, 0.1) is 11.1 Å². The molecule has 3 aromatic rings. The van der Waals surface area contributed by atoms with E-state index in [9.17, 15) is 14.0 Å². The zero-order chi connectivity index (χ0) is 15.7. The topological polar surface area (TPSA) is 42.3 Å². The van der Waals surface area contributed by atoms with Crippen LogP contribution in [0.2, 0.25) is 0 Å². The summed E-state index contributed by atoms with van der Waals surface area (Å²) in [5.74, 6) is -0.606. The number of carbonyl (C=O) groups is 1. The molecule has 0 aliphatic rings. The molecular weight excluding hydrogens is 283 g/mol. The number of para-hydroxylation sites is 1. The van der Waals surface area contributed by atoms with Crippen molar-refractivity contribution in [2.24, 2.45) is 0 Å². The number of fused-ring (bicyclic) bond motifs is 1. The maximum atomic E-state index is 14.1. The molecular formula is C17H13FN2O2. The molecule has 0 aliphatic carbocycles. The highest BCUT2D eigenvalue weighted by atomic mass is 19.1. The van der Waals surface area contributed by atoms with Crippen molar-refractivity contribution in [3.8, 4) is 5.69 Å². The van der Waals surface area contributed by atoms with Crippen LogP contribution in [0.4, 0.5) is 10.1 Å². The molecule has 3 rings (SSSR count). The summed E-state index contributed by atoms with van der Waals surface area (Å²) in [5, 5.41) is 0.856. The summed E-state index contributed by atoms with van der Waals surface area (Å²) in [7, 11) is 1.46. The van der Waals surface area contributed by atoms with Crippen LogP contribution in [0, 0.1) is 5.82 Å². The molecule has 0 saturated heterocycles. The smallest absolute Gasteiger partial charge is 0.263 e. The molecule has 0 aliphatic heterocycles. The first-order valence-corrected chi connectivity index (χ1v) is 6.70. The fourth-order valence-electron chi connectivity index (χ4n) is 2.37. The van der Waals surface area contributed by atoms with Gasteiger partial charge in [-0.05, 0) is 35.7 Å². The number of nitrogens with zero attached hydrogens (tertiary/aromatic N) is 2. The van der Waals surface area contributed by atoms with Crippen LogP contribution in [-0.4, -0.2) is 18.0 Å². The van der Waals surface area contributed by atoms with Gasteiger partial charge >= 0.3 is 0 Å². The van der Waals surface area contributed by atoms with Gasteiger partial charge in [0, 0.05) is 18.9 Å². The first-order valence-electron chi connectivity index (χ1n) is 6.70. The van der Waals surface area contributed by atoms with Crippen molar-refractivity contribution in [3.63, 3.8) is 0 Å². The summed E-state index contributed by atoms with van der Waals surface area (Å²) < 4.78 is 15.6. The minimum absolute atomic E-state index is 0.138. The molecule has 5 heteroatoms. The third-order valence-electron chi connectivity index (χ3n) is 3.54. The molecule has 0 saturated carbocycles. The van der Waals surface area contributed by atoms with Gasteiger partial charge in [-0.1, -0.05) is 18.2 Å². The van der Waals surface area contributed by atoms with E-state index in [0.717, 1.165) is 4.90 Å². The highest BCUT2D eigenvalue weighted by Crippen LogP contribution is 2.23. The Labute approximate surface area is 126 Å². The van der Waals surface area contributed by atoms with Gasteiger partial charge in [-0.15, -0.1) is 0 Å². The van der Waals surface area contributed by atoms with Gasteiger partial charge in [0.1, 0.15) is 5.82 Å². The van der Waals surface area contributed by atoms with Crippen molar-refractivity contribution in [2.45, 2.75) is 0 Å². The molecule has 0 N–H and O–H groups in total. The summed E-state index contributed by atoms with van der Waals surface area (Å²) in [6.07, 6.45) is 2.16. The normalized spacial score (nSPS) is 10.6. The number of anilines is 1. The van der Waals surface area contributed by atoms with Crippen molar-refractivity contribution in [2.75, 3.05) is 11.9 Å². The Morgan fingerprint density at radius 1 is 1.14 bits per heavy atom. The van der Waals surface area contributed by atoms with E-state index in [-0.39, 0.29) is 16.6 Å². The van der Waals surface area contributed by atoms with E-state index in [1.54, 1.807) is 24.4 Å². The summed E-state index contributed by atoms with van der Waals surface area (Å²) in [6.45, 7) is 0. The predicted molar refractivity (Wildman–Crippen MR) is 84.0 cm³/mol. The van der Waals surface area contributed by atoms with Crippen LogP contribution < -0.4 is 10.5 Å². The lowest BCUT2D eigenvalue weighted by atomic mass is 10.1. The van der Waals surface area contributed by atoms with Crippen LogP contribution in [0.25, 0.3) is 16.5 Å². The molecule has 1 heterocycles. The largest absolute Gasteiger partial charge is 0.315 e. The molecule has 0 spiro atoms.